The van der Waals surface area contributed by atoms with Gasteiger partial charge in [0.1, 0.15) is 5.69 Å². The summed E-state index contributed by atoms with van der Waals surface area (Å²) in [5.41, 5.74) is 0.318. The number of hydrogen-bond donors (Lipinski definition) is 1. The van der Waals surface area contributed by atoms with Gasteiger partial charge in [-0.1, -0.05) is 0 Å². The third kappa shape index (κ3) is 2.29. The van der Waals surface area contributed by atoms with E-state index in [9.17, 15) is 4.39 Å². The van der Waals surface area contributed by atoms with Crippen LogP contribution < -0.4 is 10.1 Å². The van der Waals surface area contributed by atoms with Crippen molar-refractivity contribution in [3.63, 3.8) is 0 Å². The standard InChI is InChI=1S/C11H16FN3O/c1-16-11-10(14-5-6-15-11)9(12)8-3-2-4-13-7-8/h5-6,8-9,13H,2-4,7H2,1H3. The highest BCUT2D eigenvalue weighted by atomic mass is 19.1. The van der Waals surface area contributed by atoms with E-state index in [2.05, 4.69) is 15.3 Å². The van der Waals surface area contributed by atoms with Crippen molar-refractivity contribution in [3.8, 4) is 5.88 Å². The van der Waals surface area contributed by atoms with Crippen molar-refractivity contribution >= 4 is 0 Å². The highest BCUT2D eigenvalue weighted by molar-refractivity contribution is 5.20. The van der Waals surface area contributed by atoms with Gasteiger partial charge in [-0.05, 0) is 19.4 Å². The van der Waals surface area contributed by atoms with Crippen LogP contribution in [0.3, 0.4) is 0 Å². The highest BCUT2D eigenvalue weighted by Gasteiger charge is 2.28. The zero-order valence-electron chi connectivity index (χ0n) is 9.32. The first-order valence-corrected chi connectivity index (χ1v) is 5.52. The largest absolute Gasteiger partial charge is 0.480 e. The predicted octanol–water partition coefficient (Wildman–Crippen LogP) is 1.50. The fourth-order valence-electron chi connectivity index (χ4n) is 2.03. The Hall–Kier alpha value is -1.23. The lowest BCUT2D eigenvalue weighted by molar-refractivity contribution is 0.184. The number of hydrogen-bond acceptors (Lipinski definition) is 4. The van der Waals surface area contributed by atoms with Crippen LogP contribution in [0.15, 0.2) is 12.4 Å². The Morgan fingerprint density at radius 2 is 2.31 bits per heavy atom. The molecule has 1 N–H and O–H groups in total. The quantitative estimate of drug-likeness (QED) is 0.846. The summed E-state index contributed by atoms with van der Waals surface area (Å²) in [5.74, 6) is 0.264. The summed E-state index contributed by atoms with van der Waals surface area (Å²) in [6.45, 7) is 1.67. The van der Waals surface area contributed by atoms with Crippen LogP contribution >= 0.6 is 0 Å². The van der Waals surface area contributed by atoms with Crippen LogP contribution in [-0.4, -0.2) is 30.2 Å². The SMILES string of the molecule is COc1nccnc1C(F)C1CCCNC1. The van der Waals surface area contributed by atoms with Crippen molar-refractivity contribution in [3.05, 3.63) is 18.1 Å². The molecule has 4 nitrogen and oxygen atoms in total. The lowest BCUT2D eigenvalue weighted by atomic mass is 9.93. The van der Waals surface area contributed by atoms with E-state index in [-0.39, 0.29) is 5.92 Å². The van der Waals surface area contributed by atoms with Crippen LogP contribution in [0.2, 0.25) is 0 Å². The fraction of sp³-hybridized carbons (Fsp3) is 0.636. The lowest BCUT2D eigenvalue weighted by Crippen LogP contribution is -2.32. The van der Waals surface area contributed by atoms with E-state index in [1.54, 1.807) is 0 Å². The molecule has 1 aromatic rings. The van der Waals surface area contributed by atoms with Crippen LogP contribution in [0.25, 0.3) is 0 Å². The van der Waals surface area contributed by atoms with Gasteiger partial charge in [0.15, 0.2) is 6.17 Å². The highest BCUT2D eigenvalue weighted by Crippen LogP contribution is 2.33. The summed E-state index contributed by atoms with van der Waals surface area (Å²) in [5, 5.41) is 3.19. The first-order chi connectivity index (χ1) is 7.83. The molecule has 1 fully saturated rings. The van der Waals surface area contributed by atoms with Gasteiger partial charge in [0.2, 0.25) is 5.88 Å². The third-order valence-corrected chi connectivity index (χ3v) is 2.89. The van der Waals surface area contributed by atoms with Gasteiger partial charge in [0, 0.05) is 24.9 Å². The maximum atomic E-state index is 14.2. The number of nitrogens with zero attached hydrogens (tertiary/aromatic N) is 2. The zero-order chi connectivity index (χ0) is 11.4. The average molecular weight is 225 g/mol. The van der Waals surface area contributed by atoms with Crippen LogP contribution in [0.4, 0.5) is 4.39 Å². The number of ether oxygens (including phenoxy) is 1. The van der Waals surface area contributed by atoms with Gasteiger partial charge in [-0.3, -0.25) is 4.98 Å². The molecular weight excluding hydrogens is 209 g/mol. The van der Waals surface area contributed by atoms with Crippen molar-refractivity contribution in [1.82, 2.24) is 15.3 Å². The summed E-state index contributed by atoms with van der Waals surface area (Å²) in [6.07, 6.45) is 3.80. The Balaban J connectivity index is 2.15. The number of rotatable bonds is 3. The predicted molar refractivity (Wildman–Crippen MR) is 58.0 cm³/mol. The summed E-state index contributed by atoms with van der Waals surface area (Å²) in [7, 11) is 1.49. The number of halogens is 1. The Bertz CT molecular complexity index is 342. The molecule has 1 aliphatic rings. The van der Waals surface area contributed by atoms with Gasteiger partial charge in [-0.25, -0.2) is 9.37 Å². The summed E-state index contributed by atoms with van der Waals surface area (Å²) in [6, 6.07) is 0. The summed E-state index contributed by atoms with van der Waals surface area (Å²) in [4.78, 5) is 8.00. The molecule has 1 saturated heterocycles. The minimum Gasteiger partial charge on any atom is -0.480 e. The molecule has 2 rings (SSSR count). The lowest BCUT2D eigenvalue weighted by Gasteiger charge is -2.25. The van der Waals surface area contributed by atoms with E-state index in [1.165, 1.54) is 19.5 Å². The molecule has 0 amide bonds. The van der Waals surface area contributed by atoms with E-state index in [4.69, 9.17) is 4.74 Å². The molecule has 0 aromatic carbocycles. The molecule has 0 aliphatic carbocycles. The molecule has 0 bridgehead atoms. The Morgan fingerprint density at radius 3 is 3.00 bits per heavy atom. The second-order valence-electron chi connectivity index (χ2n) is 3.96. The maximum absolute atomic E-state index is 14.2. The Labute approximate surface area is 94.2 Å². The van der Waals surface area contributed by atoms with Gasteiger partial charge < -0.3 is 10.1 Å². The van der Waals surface area contributed by atoms with Gasteiger partial charge in [0.25, 0.3) is 0 Å². The van der Waals surface area contributed by atoms with Gasteiger partial charge in [0.05, 0.1) is 7.11 Å². The molecule has 0 spiro atoms. The number of methoxy groups -OCH3 is 1. The van der Waals surface area contributed by atoms with Crippen LogP contribution in [-0.2, 0) is 0 Å². The van der Waals surface area contributed by atoms with E-state index < -0.39 is 6.17 Å². The number of alkyl halides is 1. The molecule has 1 aromatic heterocycles. The minimum absolute atomic E-state index is 0.0284. The minimum atomic E-state index is -1.10. The maximum Gasteiger partial charge on any atom is 0.238 e. The Kier molecular flexibility index (Phi) is 3.66. The van der Waals surface area contributed by atoms with Crippen LogP contribution in [0, 0.1) is 5.92 Å². The smallest absolute Gasteiger partial charge is 0.238 e. The Morgan fingerprint density at radius 1 is 1.50 bits per heavy atom. The zero-order valence-corrected chi connectivity index (χ0v) is 9.32. The monoisotopic (exact) mass is 225 g/mol. The van der Waals surface area contributed by atoms with Gasteiger partial charge in [-0.15, -0.1) is 0 Å². The van der Waals surface area contributed by atoms with E-state index in [0.29, 0.717) is 18.1 Å². The van der Waals surface area contributed by atoms with Crippen molar-refractivity contribution in [2.45, 2.75) is 19.0 Å². The van der Waals surface area contributed by atoms with Gasteiger partial charge >= 0.3 is 0 Å². The second kappa shape index (κ2) is 5.21. The molecule has 2 atom stereocenters. The molecule has 2 unspecified atom stereocenters. The van der Waals surface area contributed by atoms with E-state index >= 15 is 0 Å². The topological polar surface area (TPSA) is 47.0 Å². The van der Waals surface area contributed by atoms with Crippen molar-refractivity contribution < 1.29 is 9.13 Å². The summed E-state index contributed by atoms with van der Waals surface area (Å²) < 4.78 is 19.3. The fourth-order valence-corrected chi connectivity index (χ4v) is 2.03. The molecule has 2 heterocycles. The van der Waals surface area contributed by atoms with E-state index in [0.717, 1.165) is 19.4 Å². The molecule has 1 aliphatic heterocycles. The van der Waals surface area contributed by atoms with Crippen molar-refractivity contribution in [1.29, 1.82) is 0 Å². The second-order valence-corrected chi connectivity index (χ2v) is 3.96. The first-order valence-electron chi connectivity index (χ1n) is 5.52. The number of piperidine rings is 1. The van der Waals surface area contributed by atoms with Gasteiger partial charge in [-0.2, -0.15) is 0 Å². The first kappa shape index (κ1) is 11.3. The average Bonchev–Trinajstić information content (AvgIpc) is 2.39. The van der Waals surface area contributed by atoms with Crippen LogP contribution in [0.5, 0.6) is 5.88 Å². The summed E-state index contributed by atoms with van der Waals surface area (Å²) >= 11 is 0. The van der Waals surface area contributed by atoms with Crippen LogP contribution in [0.1, 0.15) is 24.7 Å². The van der Waals surface area contributed by atoms with E-state index in [1.807, 2.05) is 0 Å². The molecule has 88 valence electrons. The normalized spacial score (nSPS) is 22.8. The molecule has 0 saturated carbocycles. The van der Waals surface area contributed by atoms with Crippen molar-refractivity contribution in [2.75, 3.05) is 20.2 Å². The van der Waals surface area contributed by atoms with Crippen molar-refractivity contribution in [2.24, 2.45) is 5.92 Å². The molecule has 0 radical (unpaired) electrons. The number of nitrogens with one attached hydrogen (secondary N) is 1. The number of aromatic nitrogens is 2. The molecule has 5 heteroatoms. The molecular formula is C11H16FN3O. The molecule has 16 heavy (non-hydrogen) atoms. The third-order valence-electron chi connectivity index (χ3n) is 2.89.